The van der Waals surface area contributed by atoms with Crippen molar-refractivity contribution >= 4 is 50.7 Å². The summed E-state index contributed by atoms with van der Waals surface area (Å²) < 4.78 is 42.5. The number of aliphatic hydroxyl groups is 6. The molecule has 4 aliphatic rings. The van der Waals surface area contributed by atoms with E-state index in [-0.39, 0.29) is 25.7 Å². The summed E-state index contributed by atoms with van der Waals surface area (Å²) in [6.07, 6.45) is 5.41. The molecule has 0 radical (unpaired) electrons. The predicted molar refractivity (Wildman–Crippen MR) is 411 cm³/mol. The zero-order chi connectivity index (χ0) is 81.5. The number of rotatable bonds is 30. The molecule has 0 aromatic heterocycles. The summed E-state index contributed by atoms with van der Waals surface area (Å²) >= 11 is 0. The number of ether oxygens (including phenoxy) is 8. The van der Waals surface area contributed by atoms with Crippen molar-refractivity contribution in [1.82, 2.24) is 0 Å². The monoisotopic (exact) mass is 1510 g/mol. The highest BCUT2D eigenvalue weighted by atomic mass is 16.6. The van der Waals surface area contributed by atoms with Gasteiger partial charge in [0.05, 0.1) is 102 Å². The maximum atomic E-state index is 11.7. The van der Waals surface area contributed by atoms with E-state index in [2.05, 4.69) is 92.5 Å². The van der Waals surface area contributed by atoms with Crippen LogP contribution in [0.3, 0.4) is 0 Å². The molecule has 0 saturated heterocycles. The van der Waals surface area contributed by atoms with E-state index in [9.17, 15) is 39.6 Å². The average molecular weight is 1510 g/mol. The van der Waals surface area contributed by atoms with Crippen molar-refractivity contribution in [1.29, 1.82) is 0 Å². The number of carbonyl (C=O) groups is 4. The summed E-state index contributed by atoms with van der Waals surface area (Å²) in [5, 5.41) is 59.0. The Morgan fingerprint density at radius 3 is 0.918 bits per heavy atom. The van der Waals surface area contributed by atoms with E-state index in [0.717, 1.165) is 33.8 Å². The van der Waals surface area contributed by atoms with Crippen molar-refractivity contribution in [2.75, 3.05) is 41.7 Å². The Morgan fingerprint density at radius 1 is 0.400 bits per heavy atom. The smallest absolute Gasteiger partial charge is 0.332 e. The third-order valence-corrected chi connectivity index (χ3v) is 20.5. The van der Waals surface area contributed by atoms with Gasteiger partial charge in [0.25, 0.3) is 22.8 Å². The lowest BCUT2D eigenvalue weighted by molar-refractivity contribution is -0.399. The molecule has 2 saturated carbocycles. The minimum absolute atomic E-state index is 0.194. The van der Waals surface area contributed by atoms with Crippen LogP contribution in [0.25, 0.3) is 19.4 Å². The van der Waals surface area contributed by atoms with Gasteiger partial charge in [-0.1, -0.05) is 60.7 Å². The van der Waals surface area contributed by atoms with Crippen molar-refractivity contribution in [2.24, 2.45) is 23.7 Å². The predicted octanol–water partition coefficient (Wildman–Crippen LogP) is 2.63. The van der Waals surface area contributed by atoms with E-state index in [1.54, 1.807) is 58.8 Å². The Balaban J connectivity index is 0.000000263. The Labute approximate surface area is 644 Å². The van der Waals surface area contributed by atoms with Crippen LogP contribution < -0.4 is 38.9 Å². The maximum absolute atomic E-state index is 11.7. The van der Waals surface area contributed by atoms with Crippen LogP contribution in [0.5, 0.6) is 23.0 Å². The normalized spacial score (nSPS) is 23.6. The van der Waals surface area contributed by atoms with Gasteiger partial charge in [0.2, 0.25) is 0 Å². The minimum atomic E-state index is -1.23. The highest BCUT2D eigenvalue weighted by molar-refractivity contribution is 5.71. The first kappa shape index (κ1) is 89.4. The Morgan fingerprint density at radius 2 is 0.664 bits per heavy atom. The first-order valence-electron chi connectivity index (χ1n) is 35.5. The summed E-state index contributed by atoms with van der Waals surface area (Å²) in [6, 6.07) is 29.5. The molecule has 26 nitrogen and oxygen atoms in total. The number of carbonyl (C=O) groups excluding carboxylic acids is 4. The molecule has 0 spiro atoms. The van der Waals surface area contributed by atoms with Crippen LogP contribution in [0.1, 0.15) is 87.5 Å². The van der Waals surface area contributed by atoms with Crippen LogP contribution in [0.15, 0.2) is 170 Å². The largest absolute Gasteiger partial charge is 0.497 e. The van der Waals surface area contributed by atoms with Gasteiger partial charge in [0.1, 0.15) is 87.5 Å². The highest BCUT2D eigenvalue weighted by Gasteiger charge is 2.61. The van der Waals surface area contributed by atoms with E-state index in [4.69, 9.17) is 74.4 Å². The maximum Gasteiger partial charge on any atom is 0.332 e. The Bertz CT molecular complexity index is 4120. The van der Waals surface area contributed by atoms with E-state index < -0.39 is 132 Å². The van der Waals surface area contributed by atoms with Crippen molar-refractivity contribution in [3.63, 3.8) is 0 Å². The van der Waals surface area contributed by atoms with E-state index in [1.807, 2.05) is 84.9 Å². The topological polar surface area (TPSA) is 337 Å². The molecule has 584 valence electrons. The van der Waals surface area contributed by atoms with Gasteiger partial charge >= 0.3 is 46.0 Å². The number of esters is 4. The van der Waals surface area contributed by atoms with Crippen LogP contribution in [-0.2, 0) is 63.8 Å². The fourth-order valence-electron chi connectivity index (χ4n) is 14.6. The second-order valence-corrected chi connectivity index (χ2v) is 27.1. The Hall–Kier alpha value is -11.2. The quantitative estimate of drug-likeness (QED) is 0.0118. The fourth-order valence-corrected chi connectivity index (χ4v) is 14.6. The lowest BCUT2D eigenvalue weighted by Crippen LogP contribution is -2.71. The SMILES string of the molecule is [C-]#[N+]C(Cc1ccc(OC)cc1)(C(=C)[NH+]=C)C1CC(O)C=CC1OC(=O)CO.[C-]#[N+]C(Cc1ccc(OC)cc1)(C(=C)[NH+]=C)C1CC(O)C=CC1OC(C)=O.[C-]#[N+]C(Cc1ccc(OC)cc1)(C(=C)[NH+]=C)C1CC(O)CCC1OC(=O)CO.[C-]#[N+]C(Cc1ccc(OC)cc1)(C(=C)[NH+]=C)C1CC(O)CCC1OC(C)=O. The van der Waals surface area contributed by atoms with Gasteiger partial charge in [-0.05, 0) is 161 Å². The summed E-state index contributed by atoms with van der Waals surface area (Å²) in [4.78, 5) is 73.2. The van der Waals surface area contributed by atoms with Gasteiger partial charge in [0.15, 0.2) is 0 Å². The van der Waals surface area contributed by atoms with Gasteiger partial charge < -0.3 is 68.5 Å². The standard InChI is InChI=1S/C21H26N2O5.C21H24N2O5.C21H26N2O4.C21H24N2O4/c2*1-14(22-2)21(23-3,12-15-5-8-17(27-4)9-6-15)18-11-16(25)7-10-19(18)28-20(26)13-24;2*1-14(22-3)21(23-4,13-16-6-9-18(26-5)10-7-16)19-12-17(25)8-11-20(19)27-15(2)24/h5-6,8-9,16,18-19,24-25H,1-2,7,10-13H2,4H3;5-10,16,18-19,24-25H,1-2,11-13H2,4H3;6-7,9-10,17,19-20,25H,1,3,8,11-13H2,2,5H3;6-11,17,19-20,25H,1,3,12-13H2,2,5H3/p+4. The van der Waals surface area contributed by atoms with Crippen molar-refractivity contribution in [3.8, 4) is 23.0 Å². The van der Waals surface area contributed by atoms with Crippen LogP contribution >= 0.6 is 0 Å². The lowest BCUT2D eigenvalue weighted by Gasteiger charge is -2.38. The van der Waals surface area contributed by atoms with Crippen LogP contribution in [0, 0.1) is 50.0 Å². The highest BCUT2D eigenvalue weighted by Crippen LogP contribution is 2.46. The van der Waals surface area contributed by atoms with Gasteiger partial charge in [-0.3, -0.25) is 29.0 Å². The first-order chi connectivity index (χ1) is 52.5. The molecule has 26 heteroatoms. The van der Waals surface area contributed by atoms with Gasteiger partial charge in [-0.25, -0.2) is 55.8 Å². The molecule has 4 aliphatic carbocycles. The molecule has 16 unspecified atom stereocenters. The molecule has 8 rings (SSSR count). The molecular formula is C84H104N8O18+4. The van der Waals surface area contributed by atoms with Gasteiger partial charge in [0, 0.05) is 13.8 Å². The number of hydrogen-bond acceptors (Lipinski definition) is 18. The molecule has 0 aliphatic heterocycles. The third-order valence-electron chi connectivity index (χ3n) is 20.5. The Kier molecular flexibility index (Phi) is 34.6. The van der Waals surface area contributed by atoms with Crippen LogP contribution in [0.2, 0.25) is 0 Å². The molecule has 10 N–H and O–H groups in total. The lowest BCUT2D eigenvalue weighted by atomic mass is 9.68. The van der Waals surface area contributed by atoms with Gasteiger partial charge in [-0.2, -0.15) is 0 Å². The number of hydrogen-bond donors (Lipinski definition) is 10. The molecule has 16 atom stereocenters. The number of nitrogens with zero attached hydrogens (tertiary/aromatic N) is 4. The van der Waals surface area contributed by atoms with Gasteiger partial charge in [-0.15, -0.1) is 0 Å². The summed E-state index contributed by atoms with van der Waals surface area (Å²) in [7, 11) is 6.34. The van der Waals surface area contributed by atoms with Crippen molar-refractivity contribution in [3.05, 3.63) is 238 Å². The molecule has 110 heavy (non-hydrogen) atoms. The minimum Gasteiger partial charge on any atom is -0.497 e. The number of nitrogens with one attached hydrogen (secondary N) is 4. The first-order valence-corrected chi connectivity index (χ1v) is 35.5. The third kappa shape index (κ3) is 22.9. The molecule has 0 heterocycles. The summed E-state index contributed by atoms with van der Waals surface area (Å²) in [5.41, 5.74) is 0.491. The van der Waals surface area contributed by atoms with E-state index in [1.165, 1.54) is 19.9 Å². The average Bonchev–Trinajstić information content (AvgIpc) is 0.793. The second kappa shape index (κ2) is 42.5. The number of methoxy groups -OCH3 is 4. The summed E-state index contributed by atoms with van der Waals surface area (Å²) in [6.45, 7) is 63.8. The van der Waals surface area contributed by atoms with Crippen molar-refractivity contribution in [2.45, 2.75) is 162 Å². The van der Waals surface area contributed by atoms with E-state index in [0.29, 0.717) is 85.7 Å². The van der Waals surface area contributed by atoms with E-state index >= 15 is 0 Å². The zero-order valence-electron chi connectivity index (χ0n) is 63.4. The zero-order valence-corrected chi connectivity index (χ0v) is 63.4. The second-order valence-electron chi connectivity index (χ2n) is 27.1. The molecular weight excluding hydrogens is 1410 g/mol. The van der Waals surface area contributed by atoms with Crippen molar-refractivity contribution < 1.29 is 108 Å². The van der Waals surface area contributed by atoms with Crippen LogP contribution in [0.4, 0.5) is 0 Å². The molecule has 0 amide bonds. The number of benzene rings is 4. The molecule has 2 fully saturated rings. The van der Waals surface area contributed by atoms with Crippen LogP contribution in [-0.4, -0.2) is 194 Å². The number of aliphatic hydroxyl groups excluding tert-OH is 6. The summed E-state index contributed by atoms with van der Waals surface area (Å²) in [5.74, 6) is -1.52. The molecule has 0 bridgehead atoms. The molecule has 4 aromatic rings. The molecule has 4 aromatic carbocycles. The fraction of sp³-hybridized carbons (Fsp3) is 0.429.